The molecule has 0 aromatic rings. The van der Waals surface area contributed by atoms with Crippen LogP contribution in [0.1, 0.15) is 46.5 Å². The van der Waals surface area contributed by atoms with E-state index in [0.29, 0.717) is 24.8 Å². The normalized spacial score (nSPS) is 18.6. The maximum Gasteiger partial charge on any atom is 0.330 e. The third-order valence-corrected chi connectivity index (χ3v) is 9.32. The van der Waals surface area contributed by atoms with E-state index >= 15 is 0 Å². The summed E-state index contributed by atoms with van der Waals surface area (Å²) in [5.41, 5.74) is 0.561. The molecule has 140 valence electrons. The van der Waals surface area contributed by atoms with Crippen LogP contribution in [0.4, 0.5) is 0 Å². The fraction of sp³-hybridized carbons (Fsp3) is 0.632. The highest BCUT2D eigenvalue weighted by molar-refractivity contribution is 6.74. The Labute approximate surface area is 151 Å². The Morgan fingerprint density at radius 2 is 1.96 bits per heavy atom. The highest BCUT2D eigenvalue weighted by Gasteiger charge is 2.40. The summed E-state index contributed by atoms with van der Waals surface area (Å²) in [4.78, 5) is 35.1. The molecule has 0 saturated heterocycles. The van der Waals surface area contributed by atoms with Crippen molar-refractivity contribution in [2.24, 2.45) is 0 Å². The van der Waals surface area contributed by atoms with Crippen LogP contribution >= 0.6 is 0 Å². The predicted octanol–water partition coefficient (Wildman–Crippen LogP) is 3.74. The van der Waals surface area contributed by atoms with Crippen molar-refractivity contribution in [1.82, 2.24) is 0 Å². The molecule has 6 heteroatoms. The summed E-state index contributed by atoms with van der Waals surface area (Å²) in [6, 6.07) is 0. The maximum atomic E-state index is 12.2. The highest BCUT2D eigenvalue weighted by Crippen LogP contribution is 2.38. The van der Waals surface area contributed by atoms with E-state index in [-0.39, 0.29) is 29.1 Å². The molecule has 0 spiro atoms. The van der Waals surface area contributed by atoms with E-state index in [0.717, 1.165) is 0 Å². The first kappa shape index (κ1) is 21.5. The van der Waals surface area contributed by atoms with Crippen LogP contribution in [-0.2, 0) is 23.5 Å². The van der Waals surface area contributed by atoms with Gasteiger partial charge in [-0.3, -0.25) is 9.59 Å². The highest BCUT2D eigenvalue weighted by atomic mass is 28.4. The standard InChI is InChI=1S/C19H30O5Si/c1-19(2,3)25(5,6)24-16-12-14(17(21)13-16)11-15(20)9-7-8-10-18(22)23-4/h8,10,12,16H,7,9,11,13H2,1-6H3/b10-8+/t16-/m0/s1. The van der Waals surface area contributed by atoms with Crippen LogP contribution in [0.25, 0.3) is 0 Å². The summed E-state index contributed by atoms with van der Waals surface area (Å²) in [5, 5.41) is 0.0778. The monoisotopic (exact) mass is 366 g/mol. The largest absolute Gasteiger partial charge is 0.466 e. The third kappa shape index (κ3) is 6.70. The molecule has 0 aliphatic heterocycles. The number of ketones is 2. The van der Waals surface area contributed by atoms with Gasteiger partial charge in [-0.05, 0) is 30.6 Å². The Hall–Kier alpha value is -1.53. The smallest absolute Gasteiger partial charge is 0.330 e. The quantitative estimate of drug-likeness (QED) is 0.372. The molecule has 0 N–H and O–H groups in total. The van der Waals surface area contributed by atoms with Crippen molar-refractivity contribution in [3.05, 3.63) is 23.8 Å². The Balaban J connectivity index is 2.55. The van der Waals surface area contributed by atoms with Gasteiger partial charge in [-0.2, -0.15) is 0 Å². The first-order valence-corrected chi connectivity index (χ1v) is 11.5. The summed E-state index contributed by atoms with van der Waals surface area (Å²) in [6.45, 7) is 10.8. The molecule has 0 aromatic carbocycles. The minimum absolute atomic E-state index is 0.00200. The van der Waals surface area contributed by atoms with Gasteiger partial charge in [0.2, 0.25) is 0 Å². The molecule has 0 saturated carbocycles. The van der Waals surface area contributed by atoms with Crippen molar-refractivity contribution in [2.75, 3.05) is 7.11 Å². The van der Waals surface area contributed by atoms with Crippen molar-refractivity contribution in [1.29, 1.82) is 0 Å². The minimum atomic E-state index is -1.94. The Bertz CT molecular complexity index is 581. The lowest BCUT2D eigenvalue weighted by Crippen LogP contribution is -2.43. The van der Waals surface area contributed by atoms with Gasteiger partial charge >= 0.3 is 5.97 Å². The van der Waals surface area contributed by atoms with E-state index in [4.69, 9.17) is 4.43 Å². The number of carbonyl (C=O) groups is 3. The van der Waals surface area contributed by atoms with E-state index in [1.165, 1.54) is 13.2 Å². The van der Waals surface area contributed by atoms with Crippen LogP contribution in [0.5, 0.6) is 0 Å². The van der Waals surface area contributed by atoms with Crippen LogP contribution in [0.15, 0.2) is 23.8 Å². The minimum Gasteiger partial charge on any atom is -0.466 e. The van der Waals surface area contributed by atoms with Crippen molar-refractivity contribution >= 4 is 25.9 Å². The number of methoxy groups -OCH3 is 1. The van der Waals surface area contributed by atoms with E-state index in [1.807, 2.05) is 6.08 Å². The number of ether oxygens (including phenoxy) is 1. The molecule has 0 unspecified atom stereocenters. The molecule has 0 bridgehead atoms. The number of esters is 1. The lowest BCUT2D eigenvalue weighted by atomic mass is 10.0. The van der Waals surface area contributed by atoms with Crippen LogP contribution < -0.4 is 0 Å². The predicted molar refractivity (Wildman–Crippen MR) is 99.8 cm³/mol. The van der Waals surface area contributed by atoms with Gasteiger partial charge in [-0.25, -0.2) is 4.79 Å². The maximum absolute atomic E-state index is 12.2. The number of allylic oxidation sites excluding steroid dienone is 2. The molecule has 0 heterocycles. The number of hydrogen-bond acceptors (Lipinski definition) is 5. The van der Waals surface area contributed by atoms with Gasteiger partial charge in [0.15, 0.2) is 14.1 Å². The number of carbonyl (C=O) groups excluding carboxylic acids is 3. The van der Waals surface area contributed by atoms with Gasteiger partial charge in [-0.1, -0.05) is 26.8 Å². The molecule has 1 rings (SSSR count). The van der Waals surface area contributed by atoms with Crippen molar-refractivity contribution in [3.63, 3.8) is 0 Å². The summed E-state index contributed by atoms with van der Waals surface area (Å²) in [7, 11) is -0.640. The number of rotatable bonds is 8. The Kier molecular flexibility index (Phi) is 7.50. The summed E-state index contributed by atoms with van der Waals surface area (Å²) in [6.07, 6.45) is 5.75. The molecule has 25 heavy (non-hydrogen) atoms. The summed E-state index contributed by atoms with van der Waals surface area (Å²) in [5.74, 6) is -0.448. The second-order valence-corrected chi connectivity index (χ2v) is 12.7. The fourth-order valence-corrected chi connectivity index (χ4v) is 3.53. The molecular formula is C19H30O5Si. The summed E-state index contributed by atoms with van der Waals surface area (Å²) >= 11 is 0. The van der Waals surface area contributed by atoms with Crippen LogP contribution in [0.3, 0.4) is 0 Å². The van der Waals surface area contributed by atoms with E-state index in [9.17, 15) is 14.4 Å². The lowest BCUT2D eigenvalue weighted by molar-refractivity contribution is -0.134. The molecule has 1 aliphatic carbocycles. The molecule has 1 aliphatic rings. The molecule has 0 aromatic heterocycles. The zero-order chi connectivity index (χ0) is 19.3. The van der Waals surface area contributed by atoms with Gasteiger partial charge in [-0.15, -0.1) is 0 Å². The van der Waals surface area contributed by atoms with Crippen LogP contribution in [-0.4, -0.2) is 39.1 Å². The molecular weight excluding hydrogens is 336 g/mol. The van der Waals surface area contributed by atoms with Crippen molar-refractivity contribution in [2.45, 2.75) is 70.7 Å². The number of hydrogen-bond donors (Lipinski definition) is 0. The first-order chi connectivity index (χ1) is 11.5. The summed E-state index contributed by atoms with van der Waals surface area (Å²) < 4.78 is 10.7. The SMILES string of the molecule is COC(=O)/C=C/CCC(=O)CC1=C[C@H](O[Si](C)(C)C(C)(C)C)CC1=O. The van der Waals surface area contributed by atoms with E-state index in [1.54, 1.807) is 6.08 Å². The second kappa shape index (κ2) is 8.72. The Morgan fingerprint density at radius 3 is 2.52 bits per heavy atom. The van der Waals surface area contributed by atoms with Gasteiger partial charge in [0, 0.05) is 30.9 Å². The zero-order valence-corrected chi connectivity index (χ0v) is 17.2. The zero-order valence-electron chi connectivity index (χ0n) is 16.2. The lowest BCUT2D eigenvalue weighted by Gasteiger charge is -2.37. The van der Waals surface area contributed by atoms with Crippen LogP contribution in [0.2, 0.25) is 18.1 Å². The van der Waals surface area contributed by atoms with Gasteiger partial charge in [0.05, 0.1) is 13.2 Å². The average molecular weight is 367 g/mol. The van der Waals surface area contributed by atoms with Crippen molar-refractivity contribution in [3.8, 4) is 0 Å². The van der Waals surface area contributed by atoms with Crippen molar-refractivity contribution < 1.29 is 23.5 Å². The van der Waals surface area contributed by atoms with Crippen LogP contribution in [0, 0.1) is 0 Å². The average Bonchev–Trinajstić information content (AvgIpc) is 2.81. The molecule has 0 fully saturated rings. The topological polar surface area (TPSA) is 69.7 Å². The third-order valence-electron chi connectivity index (χ3n) is 4.82. The van der Waals surface area contributed by atoms with E-state index in [2.05, 4.69) is 38.6 Å². The van der Waals surface area contributed by atoms with Gasteiger partial charge < -0.3 is 9.16 Å². The molecule has 5 nitrogen and oxygen atoms in total. The van der Waals surface area contributed by atoms with Gasteiger partial charge in [0.1, 0.15) is 5.78 Å². The molecule has 1 atom stereocenters. The number of Topliss-reactive ketones (excluding diaryl/α,β-unsaturated/α-hetero) is 2. The van der Waals surface area contributed by atoms with Gasteiger partial charge in [0.25, 0.3) is 0 Å². The Morgan fingerprint density at radius 1 is 1.32 bits per heavy atom. The fourth-order valence-electron chi connectivity index (χ4n) is 2.27. The second-order valence-electron chi connectivity index (χ2n) is 7.92. The molecule has 0 radical (unpaired) electrons. The first-order valence-electron chi connectivity index (χ1n) is 8.64. The van der Waals surface area contributed by atoms with E-state index < -0.39 is 14.3 Å². The molecule has 0 amide bonds.